The zero-order valence-electron chi connectivity index (χ0n) is 37.2. The highest BCUT2D eigenvalue weighted by atomic mass is 19.3. The first-order chi connectivity index (χ1) is 30.1. The van der Waals surface area contributed by atoms with Gasteiger partial charge >= 0.3 is 12.2 Å². The molecular formula is C46H57F4N7O8. The number of nitrogens with two attached hydrogens (primary N) is 2. The van der Waals surface area contributed by atoms with E-state index in [0.717, 1.165) is 40.7 Å². The molecule has 2 fully saturated rings. The van der Waals surface area contributed by atoms with Gasteiger partial charge in [0, 0.05) is 69.4 Å². The average Bonchev–Trinajstić information content (AvgIpc) is 3.71. The van der Waals surface area contributed by atoms with Crippen molar-refractivity contribution in [2.75, 3.05) is 32.1 Å². The summed E-state index contributed by atoms with van der Waals surface area (Å²) in [5.74, 6) is -9.90. The van der Waals surface area contributed by atoms with Crippen LogP contribution in [0.4, 0.5) is 32.8 Å². The quantitative estimate of drug-likeness (QED) is 0.109. The maximum Gasteiger partial charge on any atom is 0.407 e. The van der Waals surface area contributed by atoms with Crippen LogP contribution in [0.25, 0.3) is 0 Å². The number of rotatable bonds is 17. The van der Waals surface area contributed by atoms with Crippen molar-refractivity contribution in [3.63, 3.8) is 0 Å². The summed E-state index contributed by atoms with van der Waals surface area (Å²) in [7, 11) is 2.28. The van der Waals surface area contributed by atoms with Crippen LogP contribution in [0.3, 0.4) is 0 Å². The van der Waals surface area contributed by atoms with Gasteiger partial charge < -0.3 is 36.4 Å². The number of nitrogens with zero attached hydrogens (tertiary/aromatic N) is 5. The van der Waals surface area contributed by atoms with Crippen molar-refractivity contribution in [2.24, 2.45) is 22.3 Å². The predicted octanol–water partition coefficient (Wildman–Crippen LogP) is 6.47. The van der Waals surface area contributed by atoms with Gasteiger partial charge in [0.1, 0.15) is 12.1 Å². The summed E-state index contributed by atoms with van der Waals surface area (Å²) in [5, 5.41) is 19.6. The molecule has 0 aliphatic carbocycles. The number of alkyl halides is 4. The number of para-hydroxylation sites is 1. The molecule has 6 amide bonds. The second kappa shape index (κ2) is 19.0. The highest BCUT2D eigenvalue weighted by Gasteiger charge is 2.54. The maximum atomic E-state index is 15.1. The number of likely N-dealkylation sites (tertiary alicyclic amines) is 2. The lowest BCUT2D eigenvalue weighted by Gasteiger charge is -2.40. The van der Waals surface area contributed by atoms with E-state index in [9.17, 15) is 39.0 Å². The lowest BCUT2D eigenvalue weighted by Crippen LogP contribution is -2.56. The monoisotopic (exact) mass is 911 g/mol. The number of carbonyl (C=O) groups excluding carboxylic acids is 4. The molecule has 5 rings (SSSR count). The Morgan fingerprint density at radius 2 is 0.969 bits per heavy atom. The second-order valence-corrected chi connectivity index (χ2v) is 18.6. The largest absolute Gasteiger partial charge is 0.465 e. The number of benzene rings is 3. The van der Waals surface area contributed by atoms with Gasteiger partial charge in [-0.25, -0.2) is 27.2 Å². The third-order valence-electron chi connectivity index (χ3n) is 12.3. The molecule has 352 valence electrons. The summed E-state index contributed by atoms with van der Waals surface area (Å²) in [6, 6.07) is 17.7. The highest BCUT2D eigenvalue weighted by molar-refractivity contribution is 5.89. The summed E-state index contributed by atoms with van der Waals surface area (Å²) in [4.78, 5) is 81.5. The van der Waals surface area contributed by atoms with Crippen LogP contribution in [0.5, 0.6) is 0 Å². The molecule has 0 unspecified atom stereocenters. The van der Waals surface area contributed by atoms with Crippen LogP contribution in [0.2, 0.25) is 0 Å². The fourth-order valence-electron chi connectivity index (χ4n) is 9.38. The van der Waals surface area contributed by atoms with Gasteiger partial charge in [-0.15, -0.1) is 0 Å². The van der Waals surface area contributed by atoms with Gasteiger partial charge in [0.2, 0.25) is 23.6 Å². The van der Waals surface area contributed by atoms with Crippen molar-refractivity contribution in [3.05, 3.63) is 101 Å². The summed E-state index contributed by atoms with van der Waals surface area (Å²) >= 11 is 0. The van der Waals surface area contributed by atoms with Gasteiger partial charge in [-0.05, 0) is 34.4 Å². The number of carboxylic acid groups (broad SMARTS) is 2. The Labute approximate surface area is 374 Å². The fraction of sp³-hybridized carbons (Fsp3) is 0.478. The lowest BCUT2D eigenvalue weighted by molar-refractivity contribution is -0.144. The van der Waals surface area contributed by atoms with Crippen LogP contribution in [0.15, 0.2) is 78.9 Å². The Bertz CT molecular complexity index is 2110. The SMILES string of the molecule is CN(C(=O)O)[C@H](C(=O)N1CC(F)(F)C[C@H]1c1ccc(CN(Cc2ccc([C@@H]3CC(F)(F)CN3C(=O)[C@@H](N(C)C(=O)O)C(C)(C)CC(N)=O)cc2)c2ccccc2)cc1)C(C)(C)CC(N)=O. The highest BCUT2D eigenvalue weighted by Crippen LogP contribution is 2.45. The number of halogens is 4. The summed E-state index contributed by atoms with van der Waals surface area (Å²) in [5.41, 5.74) is 11.3. The van der Waals surface area contributed by atoms with Crippen LogP contribution in [0.1, 0.15) is 87.7 Å². The molecule has 3 aromatic carbocycles. The van der Waals surface area contributed by atoms with E-state index in [1.807, 2.05) is 35.2 Å². The van der Waals surface area contributed by atoms with Gasteiger partial charge in [-0.2, -0.15) is 0 Å². The third-order valence-corrected chi connectivity index (χ3v) is 12.3. The van der Waals surface area contributed by atoms with Gasteiger partial charge in [0.15, 0.2) is 0 Å². The van der Waals surface area contributed by atoms with E-state index in [4.69, 9.17) is 11.5 Å². The fourth-order valence-corrected chi connectivity index (χ4v) is 9.38. The number of primary amides is 2. The summed E-state index contributed by atoms with van der Waals surface area (Å²) in [6.45, 7) is 4.66. The zero-order valence-corrected chi connectivity index (χ0v) is 37.2. The van der Waals surface area contributed by atoms with E-state index in [1.165, 1.54) is 27.7 Å². The Hall–Kier alpha value is -6.40. The Kier molecular flexibility index (Phi) is 14.5. The van der Waals surface area contributed by atoms with E-state index in [0.29, 0.717) is 34.0 Å². The zero-order chi connectivity index (χ0) is 48.4. The Balaban J connectivity index is 1.39. The molecule has 0 aromatic heterocycles. The smallest absolute Gasteiger partial charge is 0.407 e. The van der Waals surface area contributed by atoms with E-state index in [2.05, 4.69) is 0 Å². The molecule has 0 saturated carbocycles. The van der Waals surface area contributed by atoms with Gasteiger partial charge in [0.05, 0.1) is 25.2 Å². The number of likely N-dealkylation sites (N-methyl/N-ethyl adjacent to an activating group) is 2. The minimum atomic E-state index is -3.28. The summed E-state index contributed by atoms with van der Waals surface area (Å²) in [6.07, 6.45) is -5.13. The molecule has 0 spiro atoms. The number of amides is 6. The number of carbonyl (C=O) groups is 6. The average molecular weight is 912 g/mol. The standard InChI is InChI=1S/C46H57F4N7O8/c1-43(2,22-35(51)58)37(53(5)41(62)63)39(60)56-26-45(47,48)20-33(56)30-16-12-28(13-17-30)24-55(32-10-8-7-9-11-32)25-29-14-18-31(19-15-29)34-21-46(49,50)27-57(34)40(61)38(54(6)42(64)65)44(3,4)23-36(52)59/h7-19,33-34,37-38H,20-27H2,1-6H3,(H2,51,58)(H2,52,59)(H,62,63)(H,64,65)/t33-,34-,37+,38+/m0/s1. The molecule has 2 aliphatic rings. The van der Waals surface area contributed by atoms with Gasteiger partial charge in [0.25, 0.3) is 11.8 Å². The molecule has 19 heteroatoms. The molecule has 4 atom stereocenters. The molecule has 15 nitrogen and oxygen atoms in total. The summed E-state index contributed by atoms with van der Waals surface area (Å²) < 4.78 is 60.6. The number of anilines is 1. The Morgan fingerprint density at radius 3 is 1.28 bits per heavy atom. The topological polar surface area (TPSA) is 211 Å². The third kappa shape index (κ3) is 11.7. The van der Waals surface area contributed by atoms with E-state index in [1.54, 1.807) is 48.5 Å². The second-order valence-electron chi connectivity index (χ2n) is 18.6. The van der Waals surface area contributed by atoms with Gasteiger partial charge in [-0.3, -0.25) is 29.0 Å². The molecule has 2 saturated heterocycles. The number of hydrogen-bond acceptors (Lipinski definition) is 7. The minimum absolute atomic E-state index is 0.318. The van der Waals surface area contributed by atoms with Crippen molar-refractivity contribution in [1.29, 1.82) is 0 Å². The first kappa shape index (κ1) is 49.6. The lowest BCUT2D eigenvalue weighted by atomic mass is 9.79. The molecular weight excluding hydrogens is 855 g/mol. The van der Waals surface area contributed by atoms with Crippen LogP contribution in [0, 0.1) is 10.8 Å². The first-order valence-electron chi connectivity index (χ1n) is 21.0. The first-order valence-corrected chi connectivity index (χ1v) is 21.0. The molecule has 2 heterocycles. The van der Waals surface area contributed by atoms with Gasteiger partial charge in [-0.1, -0.05) is 94.4 Å². The van der Waals surface area contributed by atoms with Crippen molar-refractivity contribution in [3.8, 4) is 0 Å². The van der Waals surface area contributed by atoms with E-state index < -0.39 is 109 Å². The van der Waals surface area contributed by atoms with Crippen molar-refractivity contribution < 1.29 is 56.5 Å². The molecule has 6 N–H and O–H groups in total. The normalized spacial score (nSPS) is 19.0. The maximum absolute atomic E-state index is 15.1. The molecule has 0 bridgehead atoms. The van der Waals surface area contributed by atoms with Crippen molar-refractivity contribution >= 4 is 41.5 Å². The molecule has 3 aromatic rings. The van der Waals surface area contributed by atoms with Crippen LogP contribution in [-0.2, 0) is 32.3 Å². The van der Waals surface area contributed by atoms with Crippen LogP contribution < -0.4 is 16.4 Å². The van der Waals surface area contributed by atoms with E-state index in [-0.39, 0.29) is 12.8 Å². The van der Waals surface area contributed by atoms with Crippen LogP contribution >= 0.6 is 0 Å². The van der Waals surface area contributed by atoms with Crippen molar-refractivity contribution in [1.82, 2.24) is 19.6 Å². The molecule has 65 heavy (non-hydrogen) atoms. The van der Waals surface area contributed by atoms with Crippen LogP contribution in [-0.4, -0.2) is 117 Å². The minimum Gasteiger partial charge on any atom is -0.465 e. The molecule has 0 radical (unpaired) electrons. The Morgan fingerprint density at radius 1 is 0.631 bits per heavy atom. The van der Waals surface area contributed by atoms with E-state index >= 15 is 17.6 Å². The predicted molar refractivity (Wildman–Crippen MR) is 232 cm³/mol. The number of hydrogen-bond donors (Lipinski definition) is 4. The molecule has 2 aliphatic heterocycles. The van der Waals surface area contributed by atoms with Crippen molar-refractivity contribution in [2.45, 2.75) is 102 Å².